The van der Waals surface area contributed by atoms with Gasteiger partial charge >= 0.3 is 11.8 Å². The summed E-state index contributed by atoms with van der Waals surface area (Å²) in [6.07, 6.45) is 0.545. The molecule has 7 heteroatoms. The van der Waals surface area contributed by atoms with Crippen LogP contribution in [0, 0.1) is 11.6 Å². The number of methoxy groups -OCH3 is 1. The van der Waals surface area contributed by atoms with Gasteiger partial charge in [-0.05, 0) is 18.6 Å². The van der Waals surface area contributed by atoms with Crippen LogP contribution >= 0.6 is 0 Å². The van der Waals surface area contributed by atoms with Crippen molar-refractivity contribution < 1.29 is 23.1 Å². The van der Waals surface area contributed by atoms with E-state index in [0.29, 0.717) is 13.0 Å². The van der Waals surface area contributed by atoms with Crippen molar-refractivity contribution >= 4 is 17.5 Å². The number of carbonyl (C=O) groups excluding carboxylic acids is 2. The summed E-state index contributed by atoms with van der Waals surface area (Å²) in [6.45, 7) is 0.701. The Bertz CT molecular complexity index is 466. The first-order valence-electron chi connectivity index (χ1n) is 5.57. The fourth-order valence-electron chi connectivity index (χ4n) is 1.27. The highest BCUT2D eigenvalue weighted by Gasteiger charge is 2.15. The molecule has 19 heavy (non-hydrogen) atoms. The SMILES string of the molecule is COCCCNC(=O)C(=O)Nc1cc(F)ccc1F. The molecule has 0 saturated carbocycles. The highest BCUT2D eigenvalue weighted by atomic mass is 19.1. The van der Waals surface area contributed by atoms with Crippen LogP contribution in [-0.2, 0) is 14.3 Å². The normalized spacial score (nSPS) is 10.1. The summed E-state index contributed by atoms with van der Waals surface area (Å²) < 4.78 is 30.8. The van der Waals surface area contributed by atoms with E-state index in [2.05, 4.69) is 5.32 Å². The molecule has 2 N–H and O–H groups in total. The van der Waals surface area contributed by atoms with E-state index in [4.69, 9.17) is 4.74 Å². The average molecular weight is 272 g/mol. The van der Waals surface area contributed by atoms with Gasteiger partial charge in [0.25, 0.3) is 0 Å². The standard InChI is InChI=1S/C12H14F2N2O3/c1-19-6-2-5-15-11(17)12(18)16-10-7-8(13)3-4-9(10)14/h3-4,7H,2,5-6H2,1H3,(H,15,17)(H,16,18). The number of rotatable bonds is 5. The molecule has 104 valence electrons. The minimum atomic E-state index is -1.05. The molecular formula is C12H14F2N2O3. The molecule has 1 rings (SSSR count). The van der Waals surface area contributed by atoms with Crippen molar-refractivity contribution in [1.29, 1.82) is 0 Å². The van der Waals surface area contributed by atoms with Crippen LogP contribution in [0.3, 0.4) is 0 Å². The number of hydrogen-bond acceptors (Lipinski definition) is 3. The number of halogens is 2. The maximum Gasteiger partial charge on any atom is 0.313 e. The number of hydrogen-bond donors (Lipinski definition) is 2. The van der Waals surface area contributed by atoms with E-state index in [9.17, 15) is 18.4 Å². The maximum atomic E-state index is 13.2. The van der Waals surface area contributed by atoms with Crippen LogP contribution in [0.5, 0.6) is 0 Å². The van der Waals surface area contributed by atoms with Gasteiger partial charge in [-0.25, -0.2) is 8.78 Å². The second-order valence-corrected chi connectivity index (χ2v) is 3.68. The largest absolute Gasteiger partial charge is 0.385 e. The quantitative estimate of drug-likeness (QED) is 0.622. The van der Waals surface area contributed by atoms with Gasteiger partial charge in [0, 0.05) is 26.3 Å². The maximum absolute atomic E-state index is 13.2. The zero-order valence-corrected chi connectivity index (χ0v) is 10.3. The van der Waals surface area contributed by atoms with Gasteiger partial charge in [-0.3, -0.25) is 9.59 Å². The fraction of sp³-hybridized carbons (Fsp3) is 0.333. The number of ether oxygens (including phenoxy) is 1. The summed E-state index contributed by atoms with van der Waals surface area (Å²) in [4.78, 5) is 22.7. The monoisotopic (exact) mass is 272 g/mol. The number of anilines is 1. The summed E-state index contributed by atoms with van der Waals surface area (Å²) in [5, 5.41) is 4.32. The van der Waals surface area contributed by atoms with E-state index in [1.165, 1.54) is 7.11 Å². The van der Waals surface area contributed by atoms with Crippen LogP contribution in [0.1, 0.15) is 6.42 Å². The molecule has 0 heterocycles. The van der Waals surface area contributed by atoms with Crippen LogP contribution < -0.4 is 10.6 Å². The van der Waals surface area contributed by atoms with Crippen molar-refractivity contribution in [1.82, 2.24) is 5.32 Å². The molecule has 1 aromatic rings. The van der Waals surface area contributed by atoms with Crippen LogP contribution in [0.15, 0.2) is 18.2 Å². The van der Waals surface area contributed by atoms with Gasteiger partial charge in [0.15, 0.2) is 0 Å². The van der Waals surface area contributed by atoms with Gasteiger partial charge in [0.1, 0.15) is 11.6 Å². The Kier molecular flexibility index (Phi) is 5.87. The molecule has 5 nitrogen and oxygen atoms in total. The molecule has 0 atom stereocenters. The summed E-state index contributed by atoms with van der Waals surface area (Å²) >= 11 is 0. The zero-order chi connectivity index (χ0) is 14.3. The predicted octanol–water partition coefficient (Wildman–Crippen LogP) is 1.06. The lowest BCUT2D eigenvalue weighted by molar-refractivity contribution is -0.136. The number of carbonyl (C=O) groups is 2. The first-order valence-corrected chi connectivity index (χ1v) is 5.57. The van der Waals surface area contributed by atoms with E-state index in [0.717, 1.165) is 18.2 Å². The third-order valence-electron chi connectivity index (χ3n) is 2.19. The Morgan fingerprint density at radius 2 is 2.00 bits per heavy atom. The van der Waals surface area contributed by atoms with E-state index >= 15 is 0 Å². The summed E-state index contributed by atoms with van der Waals surface area (Å²) in [5.41, 5.74) is -0.378. The minimum Gasteiger partial charge on any atom is -0.385 e. The van der Waals surface area contributed by atoms with Crippen LogP contribution in [-0.4, -0.2) is 32.1 Å². The van der Waals surface area contributed by atoms with Crippen molar-refractivity contribution in [3.63, 3.8) is 0 Å². The van der Waals surface area contributed by atoms with E-state index in [1.807, 2.05) is 5.32 Å². The first kappa shape index (κ1) is 15.0. The van der Waals surface area contributed by atoms with Gasteiger partial charge < -0.3 is 15.4 Å². The Hall–Kier alpha value is -2.02. The van der Waals surface area contributed by atoms with Gasteiger partial charge in [0.2, 0.25) is 0 Å². The lowest BCUT2D eigenvalue weighted by atomic mass is 10.3. The van der Waals surface area contributed by atoms with Crippen LogP contribution in [0.4, 0.5) is 14.5 Å². The zero-order valence-electron chi connectivity index (χ0n) is 10.3. The van der Waals surface area contributed by atoms with Crippen molar-refractivity contribution in [3.05, 3.63) is 29.8 Å². The number of benzene rings is 1. The molecule has 0 aliphatic carbocycles. The Labute approximate surface area is 108 Å². The predicted molar refractivity (Wildman–Crippen MR) is 64.5 cm³/mol. The number of amides is 2. The van der Waals surface area contributed by atoms with Gasteiger partial charge in [-0.15, -0.1) is 0 Å². The molecule has 0 saturated heterocycles. The average Bonchev–Trinajstić information content (AvgIpc) is 2.38. The van der Waals surface area contributed by atoms with Gasteiger partial charge in [0.05, 0.1) is 5.69 Å². The van der Waals surface area contributed by atoms with E-state index in [1.54, 1.807) is 0 Å². The second-order valence-electron chi connectivity index (χ2n) is 3.68. The molecule has 0 aliphatic heterocycles. The first-order chi connectivity index (χ1) is 9.04. The van der Waals surface area contributed by atoms with Gasteiger partial charge in [-0.2, -0.15) is 0 Å². The van der Waals surface area contributed by atoms with Gasteiger partial charge in [-0.1, -0.05) is 0 Å². The van der Waals surface area contributed by atoms with Crippen molar-refractivity contribution in [2.75, 3.05) is 25.6 Å². The second kappa shape index (κ2) is 7.42. The number of nitrogens with one attached hydrogen (secondary N) is 2. The molecular weight excluding hydrogens is 258 g/mol. The third-order valence-corrected chi connectivity index (χ3v) is 2.19. The summed E-state index contributed by atoms with van der Waals surface area (Å²) in [6, 6.07) is 2.57. The lowest BCUT2D eigenvalue weighted by Crippen LogP contribution is -2.36. The molecule has 0 spiro atoms. The van der Waals surface area contributed by atoms with Crippen molar-refractivity contribution in [3.8, 4) is 0 Å². The molecule has 0 unspecified atom stereocenters. The third kappa shape index (κ3) is 5.01. The summed E-state index contributed by atoms with van der Waals surface area (Å²) in [5.74, 6) is -3.50. The molecule has 0 aromatic heterocycles. The molecule has 2 amide bonds. The van der Waals surface area contributed by atoms with E-state index < -0.39 is 23.4 Å². The van der Waals surface area contributed by atoms with Crippen LogP contribution in [0.2, 0.25) is 0 Å². The van der Waals surface area contributed by atoms with E-state index in [-0.39, 0.29) is 12.2 Å². The van der Waals surface area contributed by atoms with Crippen molar-refractivity contribution in [2.24, 2.45) is 0 Å². The highest BCUT2D eigenvalue weighted by molar-refractivity contribution is 6.39. The molecule has 1 aromatic carbocycles. The highest BCUT2D eigenvalue weighted by Crippen LogP contribution is 2.14. The molecule has 0 bridgehead atoms. The molecule has 0 fully saturated rings. The Morgan fingerprint density at radius 3 is 2.68 bits per heavy atom. The molecule has 0 aliphatic rings. The minimum absolute atomic E-state index is 0.256. The topological polar surface area (TPSA) is 67.4 Å². The summed E-state index contributed by atoms with van der Waals surface area (Å²) in [7, 11) is 1.52. The Morgan fingerprint density at radius 1 is 1.26 bits per heavy atom. The lowest BCUT2D eigenvalue weighted by Gasteiger charge is -2.07. The Balaban J connectivity index is 2.49. The smallest absolute Gasteiger partial charge is 0.313 e. The fourth-order valence-corrected chi connectivity index (χ4v) is 1.27. The molecule has 0 radical (unpaired) electrons. The van der Waals surface area contributed by atoms with Crippen LogP contribution in [0.25, 0.3) is 0 Å². The van der Waals surface area contributed by atoms with Crippen molar-refractivity contribution in [2.45, 2.75) is 6.42 Å².